The first kappa shape index (κ1) is 12.9. The summed E-state index contributed by atoms with van der Waals surface area (Å²) in [5.41, 5.74) is 5.57. The zero-order chi connectivity index (χ0) is 11.5. The predicted molar refractivity (Wildman–Crippen MR) is 59.0 cm³/mol. The summed E-state index contributed by atoms with van der Waals surface area (Å²) in [6, 6.07) is 0.189. The molecule has 1 saturated carbocycles. The van der Waals surface area contributed by atoms with Gasteiger partial charge in [0, 0.05) is 12.1 Å². The van der Waals surface area contributed by atoms with Crippen LogP contribution in [0.1, 0.15) is 26.7 Å². The summed E-state index contributed by atoms with van der Waals surface area (Å²) < 4.78 is 30.8. The highest BCUT2D eigenvalue weighted by Crippen LogP contribution is 2.18. The zero-order valence-corrected chi connectivity index (χ0v) is 10.1. The smallest absolute Gasteiger partial charge is 0.214 e. The first-order valence-corrected chi connectivity index (χ1v) is 6.91. The van der Waals surface area contributed by atoms with E-state index in [1.54, 1.807) is 0 Å². The second-order valence-corrected chi connectivity index (χ2v) is 6.16. The third-order valence-corrected chi connectivity index (χ3v) is 3.72. The molecule has 0 saturated heterocycles. The molecule has 0 heterocycles. The van der Waals surface area contributed by atoms with Crippen LogP contribution in [0.2, 0.25) is 0 Å². The molecule has 1 aliphatic carbocycles. The molecule has 0 unspecified atom stereocenters. The number of nitrogens with two attached hydrogens (primary N) is 1. The summed E-state index contributed by atoms with van der Waals surface area (Å²) in [6.45, 7) is 4.00. The molecule has 1 rings (SSSR count). The van der Waals surface area contributed by atoms with Gasteiger partial charge in [0.15, 0.2) is 0 Å². The van der Waals surface area contributed by atoms with Crippen molar-refractivity contribution in [1.29, 1.82) is 0 Å². The molecule has 0 aromatic heterocycles. The molecule has 90 valence electrons. The standard InChI is InChI=1S/C9H20N2O3S/c1-7(2)14-3-4-15(12,13)11-9-5-8(10)6-9/h7-9,11H,3-6,10H2,1-2H3. The molecule has 3 N–H and O–H groups in total. The second-order valence-electron chi connectivity index (χ2n) is 4.28. The minimum atomic E-state index is -3.19. The van der Waals surface area contributed by atoms with Crippen molar-refractivity contribution >= 4 is 10.0 Å². The Hall–Kier alpha value is -0.170. The third kappa shape index (κ3) is 4.92. The van der Waals surface area contributed by atoms with E-state index < -0.39 is 10.0 Å². The molecular formula is C9H20N2O3S. The van der Waals surface area contributed by atoms with E-state index in [9.17, 15) is 8.42 Å². The third-order valence-electron chi connectivity index (χ3n) is 2.32. The van der Waals surface area contributed by atoms with Crippen LogP contribution >= 0.6 is 0 Å². The van der Waals surface area contributed by atoms with E-state index in [1.807, 2.05) is 13.8 Å². The van der Waals surface area contributed by atoms with Crippen molar-refractivity contribution in [2.24, 2.45) is 5.73 Å². The minimum absolute atomic E-state index is 0.0247. The molecule has 0 atom stereocenters. The van der Waals surface area contributed by atoms with Gasteiger partial charge in [0.25, 0.3) is 0 Å². The zero-order valence-electron chi connectivity index (χ0n) is 9.27. The van der Waals surface area contributed by atoms with Crippen molar-refractivity contribution in [2.45, 2.75) is 44.9 Å². The summed E-state index contributed by atoms with van der Waals surface area (Å²) in [7, 11) is -3.19. The van der Waals surface area contributed by atoms with Gasteiger partial charge in [0.1, 0.15) is 0 Å². The van der Waals surface area contributed by atoms with E-state index in [2.05, 4.69) is 4.72 Å². The molecular weight excluding hydrogens is 216 g/mol. The minimum Gasteiger partial charge on any atom is -0.378 e. The SMILES string of the molecule is CC(C)OCCS(=O)(=O)NC1CC(N)C1. The number of ether oxygens (including phenoxy) is 1. The Labute approximate surface area is 91.4 Å². The van der Waals surface area contributed by atoms with Gasteiger partial charge in [0.2, 0.25) is 10.0 Å². The first-order valence-electron chi connectivity index (χ1n) is 5.26. The second kappa shape index (κ2) is 5.25. The topological polar surface area (TPSA) is 81.4 Å². The fraction of sp³-hybridized carbons (Fsp3) is 1.00. The van der Waals surface area contributed by atoms with Crippen LogP contribution < -0.4 is 10.5 Å². The molecule has 5 nitrogen and oxygen atoms in total. The molecule has 1 aliphatic rings. The number of rotatable bonds is 6. The van der Waals surface area contributed by atoms with Crippen LogP contribution in [-0.4, -0.2) is 39.0 Å². The van der Waals surface area contributed by atoms with Gasteiger partial charge in [0.05, 0.1) is 18.5 Å². The van der Waals surface area contributed by atoms with Crippen LogP contribution in [0.4, 0.5) is 0 Å². The van der Waals surface area contributed by atoms with Gasteiger partial charge < -0.3 is 10.5 Å². The molecule has 0 aromatic rings. The van der Waals surface area contributed by atoms with Crippen LogP contribution in [0.5, 0.6) is 0 Å². The average molecular weight is 236 g/mol. The van der Waals surface area contributed by atoms with E-state index in [0.717, 1.165) is 12.8 Å². The number of nitrogens with one attached hydrogen (secondary N) is 1. The average Bonchev–Trinajstić information content (AvgIpc) is 1.99. The van der Waals surface area contributed by atoms with E-state index in [-0.39, 0.29) is 30.5 Å². The van der Waals surface area contributed by atoms with Crippen molar-refractivity contribution in [1.82, 2.24) is 4.72 Å². The summed E-state index contributed by atoms with van der Waals surface area (Å²) >= 11 is 0. The Morgan fingerprint density at radius 3 is 2.53 bits per heavy atom. The molecule has 0 amide bonds. The molecule has 15 heavy (non-hydrogen) atoms. The van der Waals surface area contributed by atoms with E-state index in [4.69, 9.17) is 10.5 Å². The Morgan fingerprint density at radius 2 is 2.07 bits per heavy atom. The van der Waals surface area contributed by atoms with Gasteiger partial charge in [-0.2, -0.15) is 0 Å². The van der Waals surface area contributed by atoms with Crippen LogP contribution in [0.15, 0.2) is 0 Å². The molecule has 0 spiro atoms. The monoisotopic (exact) mass is 236 g/mol. The molecule has 6 heteroatoms. The maximum Gasteiger partial charge on any atom is 0.214 e. The summed E-state index contributed by atoms with van der Waals surface area (Å²) in [6.07, 6.45) is 1.55. The lowest BCUT2D eigenvalue weighted by Gasteiger charge is -2.32. The number of hydrogen-bond donors (Lipinski definition) is 2. The van der Waals surface area contributed by atoms with E-state index >= 15 is 0 Å². The van der Waals surface area contributed by atoms with E-state index in [1.165, 1.54) is 0 Å². The van der Waals surface area contributed by atoms with Crippen molar-refractivity contribution in [3.8, 4) is 0 Å². The van der Waals surface area contributed by atoms with Crippen molar-refractivity contribution in [3.63, 3.8) is 0 Å². The Morgan fingerprint density at radius 1 is 1.47 bits per heavy atom. The van der Waals surface area contributed by atoms with Gasteiger partial charge in [-0.15, -0.1) is 0 Å². The Bertz CT molecular complexity index is 284. The lowest BCUT2D eigenvalue weighted by atomic mass is 9.89. The van der Waals surface area contributed by atoms with Gasteiger partial charge in [-0.3, -0.25) is 0 Å². The van der Waals surface area contributed by atoms with Crippen LogP contribution in [0.25, 0.3) is 0 Å². The van der Waals surface area contributed by atoms with Gasteiger partial charge in [-0.05, 0) is 26.7 Å². The molecule has 1 fully saturated rings. The molecule has 0 radical (unpaired) electrons. The largest absolute Gasteiger partial charge is 0.378 e. The Kier molecular flexibility index (Phi) is 4.51. The van der Waals surface area contributed by atoms with Crippen molar-refractivity contribution in [3.05, 3.63) is 0 Å². The predicted octanol–water partition coefficient (Wildman–Crippen LogP) is -0.179. The van der Waals surface area contributed by atoms with Gasteiger partial charge in [-0.25, -0.2) is 13.1 Å². The highest BCUT2D eigenvalue weighted by Gasteiger charge is 2.29. The van der Waals surface area contributed by atoms with Gasteiger partial charge >= 0.3 is 0 Å². The van der Waals surface area contributed by atoms with E-state index in [0.29, 0.717) is 0 Å². The van der Waals surface area contributed by atoms with Crippen molar-refractivity contribution < 1.29 is 13.2 Å². The summed E-state index contributed by atoms with van der Waals surface area (Å²) in [5.74, 6) is 0.0247. The van der Waals surface area contributed by atoms with Crippen molar-refractivity contribution in [2.75, 3.05) is 12.4 Å². The highest BCUT2D eigenvalue weighted by molar-refractivity contribution is 7.89. The first-order chi connectivity index (χ1) is 6.89. The highest BCUT2D eigenvalue weighted by atomic mass is 32.2. The fourth-order valence-electron chi connectivity index (χ4n) is 1.46. The normalized spacial score (nSPS) is 26.7. The summed E-state index contributed by atoms with van der Waals surface area (Å²) in [5, 5.41) is 0. The molecule has 0 bridgehead atoms. The number of hydrogen-bond acceptors (Lipinski definition) is 4. The van der Waals surface area contributed by atoms with Crippen LogP contribution in [0.3, 0.4) is 0 Å². The van der Waals surface area contributed by atoms with Gasteiger partial charge in [-0.1, -0.05) is 0 Å². The lowest BCUT2D eigenvalue weighted by molar-refractivity contribution is 0.0910. The summed E-state index contributed by atoms with van der Waals surface area (Å²) in [4.78, 5) is 0. The quantitative estimate of drug-likeness (QED) is 0.670. The van der Waals surface area contributed by atoms with Crippen LogP contribution in [-0.2, 0) is 14.8 Å². The number of sulfonamides is 1. The van der Waals surface area contributed by atoms with Crippen LogP contribution in [0, 0.1) is 0 Å². The fourth-order valence-corrected chi connectivity index (χ4v) is 2.60. The maximum atomic E-state index is 11.5. The lowest BCUT2D eigenvalue weighted by Crippen LogP contribution is -2.51. The maximum absolute atomic E-state index is 11.5. The Balaban J connectivity index is 2.20. The molecule has 0 aromatic carbocycles. The molecule has 0 aliphatic heterocycles.